The maximum atomic E-state index is 3.59. The summed E-state index contributed by atoms with van der Waals surface area (Å²) in [5.74, 6) is 0. The highest BCUT2D eigenvalue weighted by atomic mass is 15.2. The quantitative estimate of drug-likeness (QED) is 0.789. The fourth-order valence-electron chi connectivity index (χ4n) is 2.44. The lowest BCUT2D eigenvalue weighted by atomic mass is 9.97. The fourth-order valence-corrected chi connectivity index (χ4v) is 2.44. The van der Waals surface area contributed by atoms with Crippen LogP contribution < -0.4 is 10.6 Å². The molecule has 3 nitrogen and oxygen atoms in total. The van der Waals surface area contributed by atoms with Crippen molar-refractivity contribution in [2.24, 2.45) is 0 Å². The molecule has 88 valence electrons. The van der Waals surface area contributed by atoms with Crippen molar-refractivity contribution in [3.63, 3.8) is 0 Å². The van der Waals surface area contributed by atoms with Gasteiger partial charge in [-0.2, -0.15) is 0 Å². The van der Waals surface area contributed by atoms with Gasteiger partial charge >= 0.3 is 0 Å². The third-order valence-electron chi connectivity index (χ3n) is 3.15. The molecule has 0 saturated carbocycles. The Labute approximate surface area is 97.8 Å². The summed E-state index contributed by atoms with van der Waals surface area (Å²) < 4.78 is 0. The number of likely N-dealkylation sites (N-methyl/N-ethyl adjacent to an activating group) is 1. The molecule has 1 aromatic rings. The predicted octanol–water partition coefficient (Wildman–Crippen LogP) is 0.851. The molecule has 0 radical (unpaired) electrons. The van der Waals surface area contributed by atoms with E-state index in [9.17, 15) is 0 Å². The first-order valence-corrected chi connectivity index (χ1v) is 5.94. The van der Waals surface area contributed by atoms with Gasteiger partial charge < -0.3 is 15.5 Å². The minimum atomic E-state index is 0.439. The highest BCUT2D eigenvalue weighted by Crippen LogP contribution is 2.22. The standard InChI is InChI=1S/C13H21N3/c1-16(2)13(11-6-4-3-5-7-11)12-10-14-8-9-15-12/h3-7,12-15H,8-10H2,1-2H3. The second-order valence-corrected chi connectivity index (χ2v) is 4.58. The van der Waals surface area contributed by atoms with E-state index in [-0.39, 0.29) is 0 Å². The summed E-state index contributed by atoms with van der Waals surface area (Å²) in [6.45, 7) is 3.17. The molecule has 2 unspecified atom stereocenters. The van der Waals surface area contributed by atoms with Crippen molar-refractivity contribution in [1.29, 1.82) is 0 Å². The third-order valence-corrected chi connectivity index (χ3v) is 3.15. The predicted molar refractivity (Wildman–Crippen MR) is 67.5 cm³/mol. The molecule has 1 heterocycles. The lowest BCUT2D eigenvalue weighted by Gasteiger charge is -2.36. The van der Waals surface area contributed by atoms with Gasteiger partial charge in [0.05, 0.1) is 6.04 Å². The third kappa shape index (κ3) is 2.61. The van der Waals surface area contributed by atoms with Crippen LogP contribution in [-0.4, -0.2) is 44.7 Å². The molecule has 1 aliphatic heterocycles. The molecule has 0 aromatic heterocycles. The Bertz CT molecular complexity index is 304. The number of rotatable bonds is 3. The molecule has 2 rings (SSSR count). The van der Waals surface area contributed by atoms with Crippen molar-refractivity contribution < 1.29 is 0 Å². The van der Waals surface area contributed by atoms with Crippen molar-refractivity contribution in [3.05, 3.63) is 35.9 Å². The van der Waals surface area contributed by atoms with Crippen molar-refractivity contribution in [1.82, 2.24) is 15.5 Å². The molecule has 2 N–H and O–H groups in total. The van der Waals surface area contributed by atoms with Crippen LogP contribution in [0.5, 0.6) is 0 Å². The van der Waals surface area contributed by atoms with E-state index in [2.05, 4.69) is 60.0 Å². The second kappa shape index (κ2) is 5.43. The Morgan fingerprint density at radius 3 is 2.50 bits per heavy atom. The zero-order valence-corrected chi connectivity index (χ0v) is 10.1. The summed E-state index contributed by atoms with van der Waals surface area (Å²) in [6, 6.07) is 11.6. The zero-order valence-electron chi connectivity index (χ0n) is 10.1. The number of nitrogens with one attached hydrogen (secondary N) is 2. The maximum Gasteiger partial charge on any atom is 0.0508 e. The molecular formula is C13H21N3. The van der Waals surface area contributed by atoms with Gasteiger partial charge in [0.2, 0.25) is 0 Å². The van der Waals surface area contributed by atoms with E-state index in [4.69, 9.17) is 0 Å². The largest absolute Gasteiger partial charge is 0.314 e. The van der Waals surface area contributed by atoms with Gasteiger partial charge in [-0.25, -0.2) is 0 Å². The molecule has 0 bridgehead atoms. The number of piperazine rings is 1. The number of benzene rings is 1. The monoisotopic (exact) mass is 219 g/mol. The Morgan fingerprint density at radius 1 is 1.19 bits per heavy atom. The van der Waals surface area contributed by atoms with Gasteiger partial charge in [-0.1, -0.05) is 30.3 Å². The molecule has 2 atom stereocenters. The van der Waals surface area contributed by atoms with Gasteiger partial charge in [0.25, 0.3) is 0 Å². The molecule has 3 heteroatoms. The average Bonchev–Trinajstić information content (AvgIpc) is 2.31. The number of hydrogen-bond acceptors (Lipinski definition) is 3. The van der Waals surface area contributed by atoms with Gasteiger partial charge in [-0.05, 0) is 19.7 Å². The minimum absolute atomic E-state index is 0.439. The molecule has 16 heavy (non-hydrogen) atoms. The van der Waals surface area contributed by atoms with Crippen LogP contribution >= 0.6 is 0 Å². The minimum Gasteiger partial charge on any atom is -0.314 e. The fraction of sp³-hybridized carbons (Fsp3) is 0.538. The molecule has 1 aliphatic rings. The van der Waals surface area contributed by atoms with Crippen LogP contribution in [0.1, 0.15) is 11.6 Å². The molecule has 0 aliphatic carbocycles. The maximum absolute atomic E-state index is 3.59. The van der Waals surface area contributed by atoms with Crippen LogP contribution in [0, 0.1) is 0 Å². The van der Waals surface area contributed by atoms with Gasteiger partial charge in [-0.3, -0.25) is 0 Å². The Kier molecular flexibility index (Phi) is 3.93. The van der Waals surface area contributed by atoms with Crippen molar-refractivity contribution >= 4 is 0 Å². The molecule has 0 amide bonds. The van der Waals surface area contributed by atoms with E-state index in [1.165, 1.54) is 5.56 Å². The first kappa shape index (κ1) is 11.6. The summed E-state index contributed by atoms with van der Waals surface area (Å²) in [6.07, 6.45) is 0. The highest BCUT2D eigenvalue weighted by molar-refractivity contribution is 5.21. The van der Waals surface area contributed by atoms with Crippen molar-refractivity contribution in [2.45, 2.75) is 12.1 Å². The molecule has 1 saturated heterocycles. The van der Waals surface area contributed by atoms with E-state index in [1.807, 2.05) is 0 Å². The molecular weight excluding hydrogens is 198 g/mol. The van der Waals surface area contributed by atoms with Crippen LogP contribution in [-0.2, 0) is 0 Å². The van der Waals surface area contributed by atoms with Crippen LogP contribution in [0.2, 0.25) is 0 Å². The van der Waals surface area contributed by atoms with Gasteiger partial charge in [0, 0.05) is 25.7 Å². The van der Waals surface area contributed by atoms with Crippen LogP contribution in [0.15, 0.2) is 30.3 Å². The van der Waals surface area contributed by atoms with Crippen LogP contribution in [0.25, 0.3) is 0 Å². The van der Waals surface area contributed by atoms with E-state index in [1.54, 1.807) is 0 Å². The number of hydrogen-bond donors (Lipinski definition) is 2. The first-order chi connectivity index (χ1) is 7.79. The van der Waals surface area contributed by atoms with E-state index in [0.717, 1.165) is 19.6 Å². The van der Waals surface area contributed by atoms with Crippen LogP contribution in [0.4, 0.5) is 0 Å². The van der Waals surface area contributed by atoms with E-state index < -0.39 is 0 Å². The zero-order chi connectivity index (χ0) is 11.4. The van der Waals surface area contributed by atoms with E-state index >= 15 is 0 Å². The Balaban J connectivity index is 2.16. The Hall–Kier alpha value is -0.900. The van der Waals surface area contributed by atoms with Crippen molar-refractivity contribution in [3.8, 4) is 0 Å². The van der Waals surface area contributed by atoms with Gasteiger partial charge in [0.1, 0.15) is 0 Å². The Morgan fingerprint density at radius 2 is 1.94 bits per heavy atom. The van der Waals surface area contributed by atoms with Gasteiger partial charge in [0.15, 0.2) is 0 Å². The molecule has 1 aromatic carbocycles. The van der Waals surface area contributed by atoms with Crippen molar-refractivity contribution in [2.75, 3.05) is 33.7 Å². The average molecular weight is 219 g/mol. The lowest BCUT2D eigenvalue weighted by Crippen LogP contribution is -2.53. The summed E-state index contributed by atoms with van der Waals surface area (Å²) in [7, 11) is 4.29. The normalized spacial score (nSPS) is 23.3. The molecule has 1 fully saturated rings. The summed E-state index contributed by atoms with van der Waals surface area (Å²) in [5.41, 5.74) is 1.38. The van der Waals surface area contributed by atoms with Crippen LogP contribution in [0.3, 0.4) is 0 Å². The number of nitrogens with zero attached hydrogens (tertiary/aromatic N) is 1. The smallest absolute Gasteiger partial charge is 0.0508 e. The second-order valence-electron chi connectivity index (χ2n) is 4.58. The summed E-state index contributed by atoms with van der Waals surface area (Å²) in [4.78, 5) is 2.29. The highest BCUT2D eigenvalue weighted by Gasteiger charge is 2.25. The topological polar surface area (TPSA) is 27.3 Å². The summed E-state index contributed by atoms with van der Waals surface area (Å²) in [5, 5.41) is 7.05. The molecule has 0 spiro atoms. The lowest BCUT2D eigenvalue weighted by molar-refractivity contribution is 0.213. The summed E-state index contributed by atoms with van der Waals surface area (Å²) >= 11 is 0. The van der Waals surface area contributed by atoms with Gasteiger partial charge in [-0.15, -0.1) is 0 Å². The first-order valence-electron chi connectivity index (χ1n) is 5.94. The SMILES string of the molecule is CN(C)C(c1ccccc1)C1CNCCN1. The van der Waals surface area contributed by atoms with E-state index in [0.29, 0.717) is 12.1 Å².